The first-order valence-electron chi connectivity index (χ1n) is 8.98. The summed E-state index contributed by atoms with van der Waals surface area (Å²) < 4.78 is 13.8. The van der Waals surface area contributed by atoms with Gasteiger partial charge in [0.2, 0.25) is 0 Å². The van der Waals surface area contributed by atoms with E-state index in [0.717, 1.165) is 28.6 Å². The van der Waals surface area contributed by atoms with E-state index in [1.165, 1.54) is 6.07 Å². The highest BCUT2D eigenvalue weighted by Crippen LogP contribution is 2.28. The molecule has 4 aromatic rings. The van der Waals surface area contributed by atoms with Gasteiger partial charge in [-0.15, -0.1) is 0 Å². The second-order valence-corrected chi connectivity index (χ2v) is 6.85. The third-order valence-corrected chi connectivity index (χ3v) is 4.90. The zero-order chi connectivity index (χ0) is 19.7. The van der Waals surface area contributed by atoms with Gasteiger partial charge in [0, 0.05) is 23.2 Å². The average Bonchev–Trinajstić information content (AvgIpc) is 3.06. The molecule has 0 saturated heterocycles. The number of hydrogen-bond acceptors (Lipinski definition) is 5. The van der Waals surface area contributed by atoms with E-state index in [2.05, 4.69) is 17.1 Å². The van der Waals surface area contributed by atoms with Crippen LogP contribution in [0.2, 0.25) is 0 Å². The quantitative estimate of drug-likeness (QED) is 0.400. The number of aromatic amines is 1. The van der Waals surface area contributed by atoms with Gasteiger partial charge in [0.1, 0.15) is 17.9 Å². The van der Waals surface area contributed by atoms with Gasteiger partial charge in [-0.3, -0.25) is 9.67 Å². The largest absolute Gasteiger partial charge is 0.485 e. The van der Waals surface area contributed by atoms with E-state index in [1.54, 1.807) is 6.07 Å². The van der Waals surface area contributed by atoms with Crippen LogP contribution in [0.4, 0.5) is 0 Å². The third kappa shape index (κ3) is 3.36. The fourth-order valence-corrected chi connectivity index (χ4v) is 3.47. The van der Waals surface area contributed by atoms with E-state index >= 15 is 0 Å². The van der Waals surface area contributed by atoms with Crippen molar-refractivity contribution in [2.45, 2.75) is 26.9 Å². The van der Waals surface area contributed by atoms with Crippen molar-refractivity contribution in [3.8, 4) is 11.4 Å². The fourth-order valence-electron chi connectivity index (χ4n) is 3.21. The average molecular weight is 393 g/mol. The van der Waals surface area contributed by atoms with E-state index in [4.69, 9.17) is 21.4 Å². The number of rotatable bonds is 5. The molecule has 0 fully saturated rings. The third-order valence-electron chi connectivity index (χ3n) is 4.63. The predicted molar refractivity (Wildman–Crippen MR) is 110 cm³/mol. The summed E-state index contributed by atoms with van der Waals surface area (Å²) in [7, 11) is 0. The number of fused-ring (bicyclic) bond motifs is 1. The zero-order valence-electron chi connectivity index (χ0n) is 15.6. The number of ether oxygens (including phenoxy) is 1. The molecule has 2 aromatic carbocycles. The molecular formula is C21H19N3O3S. The Bertz CT molecular complexity index is 1260. The standard InChI is InChI=1S/C21H19N3O3S/c1-3-14-10-16-13(2)9-20(25)27-18(16)11-17(14)26-12-19-22-23-21(28)24(19)15-7-5-4-6-8-15/h4-11H,3,12H2,1-2H3,(H,23,28). The summed E-state index contributed by atoms with van der Waals surface area (Å²) in [5, 5.41) is 8.03. The SMILES string of the molecule is CCc1cc2c(C)cc(=O)oc2cc1OCc1n[nH]c(=S)n1-c1ccccc1. The number of benzene rings is 2. The first kappa shape index (κ1) is 18.2. The molecule has 28 heavy (non-hydrogen) atoms. The first-order chi connectivity index (χ1) is 13.6. The van der Waals surface area contributed by atoms with Crippen molar-refractivity contribution in [2.75, 3.05) is 0 Å². The van der Waals surface area contributed by atoms with Gasteiger partial charge in [0.15, 0.2) is 10.6 Å². The van der Waals surface area contributed by atoms with Crippen molar-refractivity contribution in [3.63, 3.8) is 0 Å². The maximum absolute atomic E-state index is 11.7. The fraction of sp³-hybridized carbons (Fsp3) is 0.190. The van der Waals surface area contributed by atoms with Gasteiger partial charge in [-0.05, 0) is 54.9 Å². The predicted octanol–water partition coefficient (Wildman–Crippen LogP) is 4.49. The summed E-state index contributed by atoms with van der Waals surface area (Å²) in [6, 6.07) is 15.0. The van der Waals surface area contributed by atoms with Crippen molar-refractivity contribution in [1.29, 1.82) is 0 Å². The van der Waals surface area contributed by atoms with Gasteiger partial charge in [-0.1, -0.05) is 25.1 Å². The van der Waals surface area contributed by atoms with Crippen LogP contribution in [0.1, 0.15) is 23.9 Å². The van der Waals surface area contributed by atoms with E-state index in [9.17, 15) is 4.79 Å². The lowest BCUT2D eigenvalue weighted by atomic mass is 10.1. The summed E-state index contributed by atoms with van der Waals surface area (Å²) in [6.07, 6.45) is 0.787. The van der Waals surface area contributed by atoms with E-state index in [-0.39, 0.29) is 12.2 Å². The minimum Gasteiger partial charge on any atom is -0.485 e. The Balaban J connectivity index is 1.70. The van der Waals surface area contributed by atoms with E-state index in [1.807, 2.05) is 47.9 Å². The van der Waals surface area contributed by atoms with Crippen molar-refractivity contribution >= 4 is 23.2 Å². The molecule has 2 aromatic heterocycles. The van der Waals surface area contributed by atoms with Crippen LogP contribution in [0.3, 0.4) is 0 Å². The maximum Gasteiger partial charge on any atom is 0.336 e. The highest BCUT2D eigenvalue weighted by molar-refractivity contribution is 7.71. The Kier molecular flexibility index (Phi) is 4.83. The van der Waals surface area contributed by atoms with Crippen LogP contribution in [-0.2, 0) is 13.0 Å². The first-order valence-corrected chi connectivity index (χ1v) is 9.39. The highest BCUT2D eigenvalue weighted by Gasteiger charge is 2.13. The molecule has 0 amide bonds. The number of para-hydroxylation sites is 1. The Labute approximate surface area is 166 Å². The molecule has 2 heterocycles. The van der Waals surface area contributed by atoms with Crippen LogP contribution >= 0.6 is 12.2 Å². The van der Waals surface area contributed by atoms with Crippen LogP contribution in [0.5, 0.6) is 5.75 Å². The lowest BCUT2D eigenvalue weighted by Gasteiger charge is -2.13. The van der Waals surface area contributed by atoms with Gasteiger partial charge < -0.3 is 9.15 Å². The smallest absolute Gasteiger partial charge is 0.336 e. The molecule has 1 N–H and O–H groups in total. The maximum atomic E-state index is 11.7. The van der Waals surface area contributed by atoms with Crippen LogP contribution in [0, 0.1) is 11.7 Å². The van der Waals surface area contributed by atoms with Gasteiger partial charge in [-0.25, -0.2) is 4.79 Å². The Morgan fingerprint density at radius 3 is 2.75 bits per heavy atom. The van der Waals surface area contributed by atoms with Gasteiger partial charge in [0.25, 0.3) is 0 Å². The monoisotopic (exact) mass is 393 g/mol. The molecular weight excluding hydrogens is 374 g/mol. The van der Waals surface area contributed by atoms with E-state index in [0.29, 0.717) is 21.9 Å². The summed E-state index contributed by atoms with van der Waals surface area (Å²) in [5.74, 6) is 1.32. The second kappa shape index (κ2) is 7.44. The molecule has 0 aliphatic rings. The summed E-state index contributed by atoms with van der Waals surface area (Å²) in [5.41, 5.74) is 2.97. The Morgan fingerprint density at radius 2 is 2.00 bits per heavy atom. The number of nitrogens with zero attached hydrogens (tertiary/aromatic N) is 2. The molecule has 142 valence electrons. The minimum atomic E-state index is -0.370. The molecule has 0 atom stereocenters. The van der Waals surface area contributed by atoms with E-state index < -0.39 is 0 Å². The lowest BCUT2D eigenvalue weighted by molar-refractivity contribution is 0.290. The van der Waals surface area contributed by atoms with Crippen LogP contribution in [0.15, 0.2) is 57.7 Å². The lowest BCUT2D eigenvalue weighted by Crippen LogP contribution is -2.07. The molecule has 0 bridgehead atoms. The molecule has 6 nitrogen and oxygen atoms in total. The van der Waals surface area contributed by atoms with Gasteiger partial charge >= 0.3 is 5.63 Å². The normalized spacial score (nSPS) is 11.1. The zero-order valence-corrected chi connectivity index (χ0v) is 16.4. The molecule has 0 spiro atoms. The van der Waals surface area contributed by atoms with Crippen molar-refractivity contribution in [2.24, 2.45) is 0 Å². The summed E-state index contributed by atoms with van der Waals surface area (Å²) >= 11 is 5.37. The van der Waals surface area contributed by atoms with Crippen LogP contribution in [-0.4, -0.2) is 14.8 Å². The van der Waals surface area contributed by atoms with Crippen LogP contribution in [0.25, 0.3) is 16.7 Å². The molecule has 0 aliphatic heterocycles. The molecule has 7 heteroatoms. The molecule has 0 unspecified atom stereocenters. The number of aromatic nitrogens is 3. The summed E-state index contributed by atoms with van der Waals surface area (Å²) in [6.45, 7) is 4.18. The van der Waals surface area contributed by atoms with Crippen molar-refractivity contribution in [1.82, 2.24) is 14.8 Å². The highest BCUT2D eigenvalue weighted by atomic mass is 32.1. The molecule has 0 aliphatic carbocycles. The topological polar surface area (TPSA) is 73.1 Å². The number of hydrogen-bond donors (Lipinski definition) is 1. The molecule has 0 radical (unpaired) electrons. The van der Waals surface area contributed by atoms with Crippen LogP contribution < -0.4 is 10.4 Å². The minimum absolute atomic E-state index is 0.219. The number of aryl methyl sites for hydroxylation is 2. The van der Waals surface area contributed by atoms with Crippen molar-refractivity contribution < 1.29 is 9.15 Å². The molecule has 4 rings (SSSR count). The van der Waals surface area contributed by atoms with Crippen molar-refractivity contribution in [3.05, 3.63) is 80.7 Å². The Morgan fingerprint density at radius 1 is 1.21 bits per heavy atom. The Hall–Kier alpha value is -3.19. The second-order valence-electron chi connectivity index (χ2n) is 6.46. The van der Waals surface area contributed by atoms with Gasteiger partial charge in [-0.2, -0.15) is 5.10 Å². The number of H-pyrrole nitrogens is 1. The van der Waals surface area contributed by atoms with Gasteiger partial charge in [0.05, 0.1) is 0 Å². The summed E-state index contributed by atoms with van der Waals surface area (Å²) in [4.78, 5) is 11.7. The number of nitrogens with one attached hydrogen (secondary N) is 1. The molecule has 0 saturated carbocycles.